The smallest absolute Gasteiger partial charge is 0.254 e. The fraction of sp³-hybridized carbons (Fsp3) is 0.462. The molecule has 0 radical (unpaired) electrons. The molecule has 0 unspecified atom stereocenters. The Hall–Kier alpha value is -0.820. The summed E-state index contributed by atoms with van der Waals surface area (Å²) in [5.74, 6) is -0.0370. The van der Waals surface area contributed by atoms with E-state index in [4.69, 9.17) is 5.11 Å². The lowest BCUT2D eigenvalue weighted by molar-refractivity contribution is 0.0719. The van der Waals surface area contributed by atoms with Gasteiger partial charge in [0.2, 0.25) is 0 Å². The lowest BCUT2D eigenvalue weighted by Gasteiger charge is -2.21. The molecule has 5 heteroatoms. The Morgan fingerprint density at radius 3 is 2.67 bits per heavy atom. The number of rotatable bonds is 6. The van der Waals surface area contributed by atoms with E-state index in [-0.39, 0.29) is 18.3 Å². The summed E-state index contributed by atoms with van der Waals surface area (Å²) in [4.78, 5) is 13.8. The summed E-state index contributed by atoms with van der Waals surface area (Å²) in [5, 5.41) is 18.6. The zero-order chi connectivity index (χ0) is 13.5. The average molecular weight is 363 g/mol. The molecule has 0 bridgehead atoms. The fourth-order valence-electron chi connectivity index (χ4n) is 1.61. The minimum absolute atomic E-state index is 0.0498. The van der Waals surface area contributed by atoms with E-state index in [9.17, 15) is 9.90 Å². The number of hydrogen-bond acceptors (Lipinski definition) is 3. The molecule has 0 atom stereocenters. The summed E-state index contributed by atoms with van der Waals surface area (Å²) >= 11 is 2.01. The maximum Gasteiger partial charge on any atom is 0.254 e. The van der Waals surface area contributed by atoms with Gasteiger partial charge < -0.3 is 15.1 Å². The summed E-state index contributed by atoms with van der Waals surface area (Å²) in [6.45, 7) is 2.96. The molecule has 0 saturated carbocycles. The van der Waals surface area contributed by atoms with Crippen molar-refractivity contribution in [2.45, 2.75) is 19.8 Å². The van der Waals surface area contributed by atoms with Gasteiger partial charge in [-0.25, -0.2) is 0 Å². The van der Waals surface area contributed by atoms with Crippen molar-refractivity contribution < 1.29 is 15.0 Å². The number of carbonyl (C=O) groups excluding carboxylic acids is 1. The van der Waals surface area contributed by atoms with Crippen LogP contribution in [-0.2, 0) is 0 Å². The van der Waals surface area contributed by atoms with Crippen molar-refractivity contribution in [2.24, 2.45) is 0 Å². The van der Waals surface area contributed by atoms with Crippen LogP contribution in [0.5, 0.6) is 5.75 Å². The maximum atomic E-state index is 12.2. The predicted octanol–water partition coefficient (Wildman–Crippen LogP) is 2.23. The van der Waals surface area contributed by atoms with Gasteiger partial charge in [0, 0.05) is 18.7 Å². The first-order chi connectivity index (χ1) is 8.60. The second kappa shape index (κ2) is 7.58. The minimum atomic E-state index is -0.149. The number of benzene rings is 1. The third-order valence-corrected chi connectivity index (χ3v) is 3.54. The number of aliphatic hydroxyl groups excluding tert-OH is 1. The van der Waals surface area contributed by atoms with E-state index in [1.807, 2.05) is 22.6 Å². The zero-order valence-electron chi connectivity index (χ0n) is 10.4. The third kappa shape index (κ3) is 4.13. The van der Waals surface area contributed by atoms with Gasteiger partial charge in [-0.1, -0.05) is 13.3 Å². The molecule has 0 spiro atoms. The van der Waals surface area contributed by atoms with Crippen molar-refractivity contribution >= 4 is 28.5 Å². The minimum Gasteiger partial charge on any atom is -0.507 e. The summed E-state index contributed by atoms with van der Waals surface area (Å²) in [6.07, 6.45) is 1.90. The van der Waals surface area contributed by atoms with Gasteiger partial charge in [-0.05, 0) is 47.2 Å². The van der Waals surface area contributed by atoms with Gasteiger partial charge >= 0.3 is 0 Å². The summed E-state index contributed by atoms with van der Waals surface area (Å²) in [7, 11) is 0. The zero-order valence-corrected chi connectivity index (χ0v) is 12.6. The molecule has 0 aliphatic heterocycles. The highest BCUT2D eigenvalue weighted by Crippen LogP contribution is 2.21. The number of aromatic hydroxyl groups is 1. The van der Waals surface area contributed by atoms with Gasteiger partial charge in [0.1, 0.15) is 5.75 Å². The van der Waals surface area contributed by atoms with E-state index in [1.165, 1.54) is 6.07 Å². The van der Waals surface area contributed by atoms with Gasteiger partial charge in [0.05, 0.1) is 10.2 Å². The summed E-state index contributed by atoms with van der Waals surface area (Å²) < 4.78 is 0.714. The van der Waals surface area contributed by atoms with Crippen molar-refractivity contribution in [3.8, 4) is 5.75 Å². The van der Waals surface area contributed by atoms with Crippen molar-refractivity contribution in [3.05, 3.63) is 27.3 Å². The SMILES string of the molecule is CCCCN(CCO)C(=O)c1ccc(I)c(O)c1. The highest BCUT2D eigenvalue weighted by atomic mass is 127. The Bertz CT molecular complexity index is 409. The quantitative estimate of drug-likeness (QED) is 0.762. The van der Waals surface area contributed by atoms with Gasteiger partial charge in [-0.2, -0.15) is 0 Å². The molecule has 0 aromatic heterocycles. The van der Waals surface area contributed by atoms with Crippen molar-refractivity contribution in [1.82, 2.24) is 4.90 Å². The van der Waals surface area contributed by atoms with Crippen LogP contribution in [-0.4, -0.2) is 40.7 Å². The molecule has 0 aliphatic rings. The molecule has 1 aromatic carbocycles. The average Bonchev–Trinajstić information content (AvgIpc) is 2.37. The number of nitrogens with zero attached hydrogens (tertiary/aromatic N) is 1. The molecule has 0 heterocycles. The number of phenols is 1. The molecule has 0 saturated heterocycles. The van der Waals surface area contributed by atoms with Crippen LogP contribution in [0.15, 0.2) is 18.2 Å². The summed E-state index contributed by atoms with van der Waals surface area (Å²) in [5.41, 5.74) is 0.456. The Balaban J connectivity index is 2.83. The van der Waals surface area contributed by atoms with Crippen LogP contribution in [0, 0.1) is 3.57 Å². The van der Waals surface area contributed by atoms with E-state index < -0.39 is 0 Å². The number of hydrogen-bond donors (Lipinski definition) is 2. The monoisotopic (exact) mass is 363 g/mol. The first-order valence-electron chi connectivity index (χ1n) is 5.98. The third-order valence-electron chi connectivity index (χ3n) is 2.63. The molecule has 100 valence electrons. The Morgan fingerprint density at radius 2 is 2.11 bits per heavy atom. The molecule has 1 amide bonds. The van der Waals surface area contributed by atoms with Crippen molar-refractivity contribution in [3.63, 3.8) is 0 Å². The molecular weight excluding hydrogens is 345 g/mol. The second-order valence-electron chi connectivity index (χ2n) is 4.04. The number of aliphatic hydroxyl groups is 1. The molecule has 0 fully saturated rings. The first kappa shape index (κ1) is 15.2. The predicted molar refractivity (Wildman–Crippen MR) is 78.7 cm³/mol. The van der Waals surface area contributed by atoms with Gasteiger partial charge in [0.15, 0.2) is 0 Å². The molecule has 1 aromatic rings. The van der Waals surface area contributed by atoms with Gasteiger partial charge in [-0.3, -0.25) is 4.79 Å². The van der Waals surface area contributed by atoms with Crippen molar-refractivity contribution in [2.75, 3.05) is 19.7 Å². The molecule has 18 heavy (non-hydrogen) atoms. The van der Waals surface area contributed by atoms with Gasteiger partial charge in [0.25, 0.3) is 5.91 Å². The number of unbranched alkanes of at least 4 members (excludes halogenated alkanes) is 1. The summed E-state index contributed by atoms with van der Waals surface area (Å²) in [6, 6.07) is 4.88. The normalized spacial score (nSPS) is 10.4. The maximum absolute atomic E-state index is 12.2. The molecule has 2 N–H and O–H groups in total. The molecule has 4 nitrogen and oxygen atoms in total. The number of carbonyl (C=O) groups is 1. The first-order valence-corrected chi connectivity index (χ1v) is 7.06. The van der Waals surface area contributed by atoms with Crippen LogP contribution in [0.1, 0.15) is 30.1 Å². The molecule has 1 rings (SSSR count). The van der Waals surface area contributed by atoms with E-state index in [2.05, 4.69) is 6.92 Å². The lowest BCUT2D eigenvalue weighted by Crippen LogP contribution is -2.34. The van der Waals surface area contributed by atoms with Crippen LogP contribution >= 0.6 is 22.6 Å². The van der Waals surface area contributed by atoms with E-state index in [0.717, 1.165) is 12.8 Å². The van der Waals surface area contributed by atoms with Crippen LogP contribution in [0.3, 0.4) is 0 Å². The van der Waals surface area contributed by atoms with Crippen molar-refractivity contribution in [1.29, 1.82) is 0 Å². The van der Waals surface area contributed by atoms with Crippen LogP contribution in [0.2, 0.25) is 0 Å². The standard InChI is InChI=1S/C13H18INO3/c1-2-3-6-15(7-8-16)13(18)10-4-5-11(14)12(17)9-10/h4-5,9,16-17H,2-3,6-8H2,1H3. The van der Waals surface area contributed by atoms with Gasteiger partial charge in [-0.15, -0.1) is 0 Å². The number of halogens is 1. The van der Waals surface area contributed by atoms with Crippen LogP contribution < -0.4 is 0 Å². The van der Waals surface area contributed by atoms with Crippen LogP contribution in [0.25, 0.3) is 0 Å². The van der Waals surface area contributed by atoms with Crippen LogP contribution in [0.4, 0.5) is 0 Å². The highest BCUT2D eigenvalue weighted by molar-refractivity contribution is 14.1. The molecular formula is C13H18INO3. The number of phenolic OH excluding ortho intramolecular Hbond substituents is 1. The lowest BCUT2D eigenvalue weighted by atomic mass is 10.1. The second-order valence-corrected chi connectivity index (χ2v) is 5.20. The topological polar surface area (TPSA) is 60.8 Å². The largest absolute Gasteiger partial charge is 0.507 e. The van der Waals surface area contributed by atoms with E-state index in [1.54, 1.807) is 17.0 Å². The van der Waals surface area contributed by atoms with E-state index in [0.29, 0.717) is 22.2 Å². The fourth-order valence-corrected chi connectivity index (χ4v) is 1.95. The Kier molecular flexibility index (Phi) is 6.42. The Morgan fingerprint density at radius 1 is 1.39 bits per heavy atom. The molecule has 0 aliphatic carbocycles. The van der Waals surface area contributed by atoms with E-state index >= 15 is 0 Å². The number of amides is 1. The highest BCUT2D eigenvalue weighted by Gasteiger charge is 2.15. The Labute approximate surface area is 121 Å².